The average molecular weight is 306 g/mol. The molecule has 1 aliphatic heterocycles. The summed E-state index contributed by atoms with van der Waals surface area (Å²) in [5.74, 6) is 0.00512. The number of hydrogen-bond acceptors (Lipinski definition) is 2. The fourth-order valence-corrected chi connectivity index (χ4v) is 2.56. The Hall–Kier alpha value is -2.88. The van der Waals surface area contributed by atoms with Gasteiger partial charge in [0.15, 0.2) is 0 Å². The first-order valence-electron chi connectivity index (χ1n) is 7.67. The van der Waals surface area contributed by atoms with Gasteiger partial charge in [0.2, 0.25) is 11.8 Å². The summed E-state index contributed by atoms with van der Waals surface area (Å²) >= 11 is 0. The molecule has 4 nitrogen and oxygen atoms in total. The van der Waals surface area contributed by atoms with E-state index in [1.807, 2.05) is 54.6 Å². The van der Waals surface area contributed by atoms with Crippen LogP contribution in [0.3, 0.4) is 0 Å². The molecule has 0 aliphatic carbocycles. The Morgan fingerprint density at radius 3 is 2.43 bits per heavy atom. The van der Waals surface area contributed by atoms with Gasteiger partial charge in [-0.05, 0) is 42.3 Å². The molecule has 2 amide bonds. The molecule has 0 saturated carbocycles. The van der Waals surface area contributed by atoms with Gasteiger partial charge in [0, 0.05) is 30.4 Å². The van der Waals surface area contributed by atoms with E-state index in [-0.39, 0.29) is 11.8 Å². The maximum atomic E-state index is 11.9. The lowest BCUT2D eigenvalue weighted by Gasteiger charge is -2.15. The number of para-hydroxylation sites is 1. The van der Waals surface area contributed by atoms with Crippen molar-refractivity contribution in [3.63, 3.8) is 0 Å². The fraction of sp³-hybridized carbons (Fsp3) is 0.158. The Morgan fingerprint density at radius 2 is 1.78 bits per heavy atom. The molecule has 1 saturated heterocycles. The lowest BCUT2D eigenvalue weighted by Crippen LogP contribution is -2.23. The van der Waals surface area contributed by atoms with E-state index >= 15 is 0 Å². The summed E-state index contributed by atoms with van der Waals surface area (Å²) in [7, 11) is 0. The van der Waals surface area contributed by atoms with E-state index in [9.17, 15) is 9.59 Å². The van der Waals surface area contributed by atoms with Crippen LogP contribution in [-0.4, -0.2) is 18.4 Å². The van der Waals surface area contributed by atoms with Gasteiger partial charge >= 0.3 is 0 Å². The number of carbonyl (C=O) groups excluding carboxylic acids is 2. The van der Waals surface area contributed by atoms with Gasteiger partial charge in [-0.25, -0.2) is 0 Å². The lowest BCUT2D eigenvalue weighted by atomic mass is 10.2. The molecule has 4 heteroatoms. The molecule has 1 fully saturated rings. The molecule has 1 N–H and O–H groups in total. The van der Waals surface area contributed by atoms with E-state index in [0.29, 0.717) is 6.42 Å². The molecule has 0 aromatic heterocycles. The zero-order chi connectivity index (χ0) is 16.1. The van der Waals surface area contributed by atoms with Crippen LogP contribution >= 0.6 is 0 Å². The molecule has 2 aromatic carbocycles. The summed E-state index contributed by atoms with van der Waals surface area (Å²) in [6.45, 7) is 0.785. The monoisotopic (exact) mass is 306 g/mol. The zero-order valence-electron chi connectivity index (χ0n) is 12.7. The minimum atomic E-state index is -0.171. The summed E-state index contributed by atoms with van der Waals surface area (Å²) in [5.41, 5.74) is 2.60. The minimum Gasteiger partial charge on any atom is -0.323 e. The van der Waals surface area contributed by atoms with Gasteiger partial charge < -0.3 is 10.2 Å². The van der Waals surface area contributed by atoms with Crippen LogP contribution in [0.1, 0.15) is 18.4 Å². The summed E-state index contributed by atoms with van der Waals surface area (Å²) in [6.07, 6.45) is 4.80. The molecule has 0 radical (unpaired) electrons. The highest BCUT2D eigenvalue weighted by atomic mass is 16.2. The first kappa shape index (κ1) is 15.0. The molecular formula is C19H18N2O2. The Labute approximate surface area is 135 Å². The minimum absolute atomic E-state index is 0.171. The quantitative estimate of drug-likeness (QED) is 0.879. The number of amides is 2. The van der Waals surface area contributed by atoms with E-state index in [0.717, 1.165) is 29.9 Å². The number of anilines is 2. The van der Waals surface area contributed by atoms with Crippen LogP contribution in [0.2, 0.25) is 0 Å². The largest absolute Gasteiger partial charge is 0.323 e. The highest BCUT2D eigenvalue weighted by molar-refractivity contribution is 6.02. The molecular weight excluding hydrogens is 288 g/mol. The van der Waals surface area contributed by atoms with Crippen molar-refractivity contribution < 1.29 is 9.59 Å². The van der Waals surface area contributed by atoms with Crippen LogP contribution in [-0.2, 0) is 9.59 Å². The molecule has 1 aliphatic rings. The van der Waals surface area contributed by atoms with Gasteiger partial charge in [0.05, 0.1) is 0 Å². The van der Waals surface area contributed by atoms with Gasteiger partial charge in [-0.2, -0.15) is 0 Å². The molecule has 1 heterocycles. The average Bonchev–Trinajstić information content (AvgIpc) is 3.00. The summed E-state index contributed by atoms with van der Waals surface area (Å²) in [5, 5.41) is 2.80. The van der Waals surface area contributed by atoms with Crippen molar-refractivity contribution in [1.82, 2.24) is 0 Å². The SMILES string of the molecule is O=C(C=Cc1ccc(N2CCCC2=O)cc1)Nc1ccccc1. The van der Waals surface area contributed by atoms with Crippen molar-refractivity contribution in [2.75, 3.05) is 16.8 Å². The molecule has 0 atom stereocenters. The summed E-state index contributed by atoms with van der Waals surface area (Å²) in [4.78, 5) is 25.4. The number of nitrogens with zero attached hydrogens (tertiary/aromatic N) is 1. The molecule has 3 rings (SSSR count). The van der Waals surface area contributed by atoms with E-state index < -0.39 is 0 Å². The molecule has 116 valence electrons. The van der Waals surface area contributed by atoms with Crippen LogP contribution in [0.5, 0.6) is 0 Å². The number of benzene rings is 2. The highest BCUT2D eigenvalue weighted by Gasteiger charge is 2.21. The van der Waals surface area contributed by atoms with E-state index in [1.165, 1.54) is 6.08 Å². The lowest BCUT2D eigenvalue weighted by molar-refractivity contribution is -0.117. The topological polar surface area (TPSA) is 49.4 Å². The van der Waals surface area contributed by atoms with Crippen LogP contribution in [0.15, 0.2) is 60.7 Å². The standard InChI is InChI=1S/C19H18N2O2/c22-18(20-16-5-2-1-3-6-16)13-10-15-8-11-17(12-9-15)21-14-4-7-19(21)23/h1-3,5-6,8-13H,4,7,14H2,(H,20,22). The molecule has 0 bridgehead atoms. The third kappa shape index (κ3) is 3.86. The number of rotatable bonds is 4. The predicted molar refractivity (Wildman–Crippen MR) is 92.1 cm³/mol. The van der Waals surface area contributed by atoms with Crippen LogP contribution in [0.4, 0.5) is 11.4 Å². The van der Waals surface area contributed by atoms with Crippen molar-refractivity contribution in [1.29, 1.82) is 0 Å². The van der Waals surface area contributed by atoms with Crippen molar-refractivity contribution in [2.45, 2.75) is 12.8 Å². The molecule has 2 aromatic rings. The predicted octanol–water partition coefficient (Wildman–Crippen LogP) is 3.47. The third-order valence-electron chi connectivity index (χ3n) is 3.75. The number of nitrogens with one attached hydrogen (secondary N) is 1. The number of carbonyl (C=O) groups is 2. The Balaban J connectivity index is 1.61. The van der Waals surface area contributed by atoms with Gasteiger partial charge in [-0.3, -0.25) is 9.59 Å². The van der Waals surface area contributed by atoms with Crippen molar-refractivity contribution >= 4 is 29.3 Å². The third-order valence-corrected chi connectivity index (χ3v) is 3.75. The molecule has 23 heavy (non-hydrogen) atoms. The van der Waals surface area contributed by atoms with Crippen molar-refractivity contribution in [2.24, 2.45) is 0 Å². The van der Waals surface area contributed by atoms with Crippen LogP contribution in [0.25, 0.3) is 6.08 Å². The van der Waals surface area contributed by atoms with Crippen LogP contribution < -0.4 is 10.2 Å². The van der Waals surface area contributed by atoms with E-state index in [1.54, 1.807) is 11.0 Å². The first-order valence-corrected chi connectivity index (χ1v) is 7.67. The fourth-order valence-electron chi connectivity index (χ4n) is 2.56. The maximum Gasteiger partial charge on any atom is 0.248 e. The van der Waals surface area contributed by atoms with Crippen molar-refractivity contribution in [3.8, 4) is 0 Å². The second-order valence-corrected chi connectivity index (χ2v) is 5.43. The van der Waals surface area contributed by atoms with Crippen molar-refractivity contribution in [3.05, 3.63) is 66.2 Å². The Morgan fingerprint density at radius 1 is 1.04 bits per heavy atom. The highest BCUT2D eigenvalue weighted by Crippen LogP contribution is 2.21. The van der Waals surface area contributed by atoms with E-state index in [4.69, 9.17) is 0 Å². The van der Waals surface area contributed by atoms with Gasteiger partial charge in [0.25, 0.3) is 0 Å². The maximum absolute atomic E-state index is 11.9. The van der Waals surface area contributed by atoms with Crippen LogP contribution in [0, 0.1) is 0 Å². The summed E-state index contributed by atoms with van der Waals surface area (Å²) in [6, 6.07) is 17.0. The molecule has 0 spiro atoms. The first-order chi connectivity index (χ1) is 11.2. The Bertz CT molecular complexity index is 721. The normalized spacial score (nSPS) is 14.4. The van der Waals surface area contributed by atoms with Gasteiger partial charge in [-0.1, -0.05) is 30.3 Å². The van der Waals surface area contributed by atoms with E-state index in [2.05, 4.69) is 5.32 Å². The smallest absolute Gasteiger partial charge is 0.248 e. The van der Waals surface area contributed by atoms with Gasteiger partial charge in [0.1, 0.15) is 0 Å². The Kier molecular flexibility index (Phi) is 4.52. The summed E-state index contributed by atoms with van der Waals surface area (Å²) < 4.78 is 0. The molecule has 0 unspecified atom stereocenters. The second kappa shape index (κ2) is 6.92. The van der Waals surface area contributed by atoms with Gasteiger partial charge in [-0.15, -0.1) is 0 Å². The second-order valence-electron chi connectivity index (χ2n) is 5.43. The zero-order valence-corrected chi connectivity index (χ0v) is 12.7. The number of hydrogen-bond donors (Lipinski definition) is 1.